The first-order valence-electron chi connectivity index (χ1n) is 4.73. The summed E-state index contributed by atoms with van der Waals surface area (Å²) < 4.78 is 5.01. The van der Waals surface area contributed by atoms with Gasteiger partial charge < -0.3 is 10.1 Å². The molecule has 3 heteroatoms. The summed E-state index contributed by atoms with van der Waals surface area (Å²) >= 11 is 0. The minimum atomic E-state index is -0.0152. The van der Waals surface area contributed by atoms with Crippen LogP contribution in [0.25, 0.3) is 0 Å². The molecule has 1 fully saturated rings. The van der Waals surface area contributed by atoms with E-state index in [0.717, 1.165) is 17.7 Å². The lowest BCUT2D eigenvalue weighted by Gasteiger charge is -2.05. The monoisotopic (exact) mass is 191 g/mol. The smallest absolute Gasteiger partial charge is 0.251 e. The van der Waals surface area contributed by atoms with Crippen LogP contribution < -0.4 is 5.32 Å². The number of rotatable bonds is 3. The molecule has 0 radical (unpaired) electrons. The predicted molar refractivity (Wildman–Crippen MR) is 53.3 cm³/mol. The second-order valence-corrected chi connectivity index (χ2v) is 3.48. The van der Waals surface area contributed by atoms with E-state index < -0.39 is 0 Å². The molecule has 1 aliphatic rings. The highest BCUT2D eigenvalue weighted by Crippen LogP contribution is 2.09. The Labute approximate surface area is 83.1 Å². The van der Waals surface area contributed by atoms with Crippen LogP contribution in [0.4, 0.5) is 0 Å². The Kier molecular flexibility index (Phi) is 2.50. The number of ether oxygens (including phenoxy) is 1. The van der Waals surface area contributed by atoms with Crippen LogP contribution >= 0.6 is 0 Å². The summed E-state index contributed by atoms with van der Waals surface area (Å²) in [4.78, 5) is 11.6. The van der Waals surface area contributed by atoms with Crippen LogP contribution in [-0.2, 0) is 4.74 Å². The van der Waals surface area contributed by atoms with Crippen molar-refractivity contribution in [1.29, 1.82) is 0 Å². The summed E-state index contributed by atoms with van der Waals surface area (Å²) in [5.41, 5.74) is 1.75. The van der Waals surface area contributed by atoms with E-state index >= 15 is 0 Å². The van der Waals surface area contributed by atoms with Gasteiger partial charge >= 0.3 is 0 Å². The first-order valence-corrected chi connectivity index (χ1v) is 4.73. The highest BCUT2D eigenvalue weighted by atomic mass is 16.6. The SMILES string of the molecule is Cc1ccccc1C(=O)NC[C@H]1CO1. The van der Waals surface area contributed by atoms with Crippen molar-refractivity contribution >= 4 is 5.91 Å². The lowest BCUT2D eigenvalue weighted by atomic mass is 10.1. The summed E-state index contributed by atoms with van der Waals surface area (Å²) in [5, 5.41) is 2.84. The fourth-order valence-corrected chi connectivity index (χ4v) is 1.32. The van der Waals surface area contributed by atoms with Gasteiger partial charge in [0.25, 0.3) is 5.91 Å². The summed E-state index contributed by atoms with van der Waals surface area (Å²) in [6.45, 7) is 3.32. The third-order valence-corrected chi connectivity index (χ3v) is 2.28. The standard InChI is InChI=1S/C11H13NO2/c1-8-4-2-3-5-10(8)11(13)12-6-9-7-14-9/h2-5,9H,6-7H2,1H3,(H,12,13)/t9-/m0/s1. The summed E-state index contributed by atoms with van der Waals surface area (Å²) in [6, 6.07) is 7.56. The van der Waals surface area contributed by atoms with E-state index in [4.69, 9.17) is 4.74 Å². The molecule has 0 aromatic heterocycles. The average Bonchev–Trinajstić information content (AvgIpc) is 2.98. The maximum absolute atomic E-state index is 11.6. The van der Waals surface area contributed by atoms with Gasteiger partial charge in [-0.25, -0.2) is 0 Å². The molecule has 1 atom stereocenters. The minimum absolute atomic E-state index is 0.0152. The summed E-state index contributed by atoms with van der Waals surface area (Å²) in [5.74, 6) is -0.0152. The van der Waals surface area contributed by atoms with E-state index in [1.807, 2.05) is 31.2 Å². The van der Waals surface area contributed by atoms with Crippen molar-refractivity contribution < 1.29 is 9.53 Å². The topological polar surface area (TPSA) is 41.6 Å². The van der Waals surface area contributed by atoms with Crippen LogP contribution in [0.3, 0.4) is 0 Å². The fraction of sp³-hybridized carbons (Fsp3) is 0.364. The summed E-state index contributed by atoms with van der Waals surface area (Å²) in [6.07, 6.45) is 0.239. The molecule has 0 saturated carbocycles. The van der Waals surface area contributed by atoms with Crippen LogP contribution in [-0.4, -0.2) is 25.2 Å². The van der Waals surface area contributed by atoms with Crippen molar-refractivity contribution in [2.45, 2.75) is 13.0 Å². The van der Waals surface area contributed by atoms with Gasteiger partial charge in [0.05, 0.1) is 12.7 Å². The number of epoxide rings is 1. The summed E-state index contributed by atoms with van der Waals surface area (Å²) in [7, 11) is 0. The molecule has 1 aromatic rings. The molecule has 0 bridgehead atoms. The highest BCUT2D eigenvalue weighted by molar-refractivity contribution is 5.95. The minimum Gasteiger partial charge on any atom is -0.371 e. The molecule has 1 aliphatic heterocycles. The first kappa shape index (κ1) is 9.21. The zero-order valence-electron chi connectivity index (χ0n) is 8.12. The van der Waals surface area contributed by atoms with Crippen molar-refractivity contribution in [2.75, 3.05) is 13.2 Å². The average molecular weight is 191 g/mol. The van der Waals surface area contributed by atoms with Crippen molar-refractivity contribution in [3.05, 3.63) is 35.4 Å². The molecule has 0 spiro atoms. The van der Waals surface area contributed by atoms with Gasteiger partial charge in [0.1, 0.15) is 0 Å². The third-order valence-electron chi connectivity index (χ3n) is 2.28. The van der Waals surface area contributed by atoms with Gasteiger partial charge in [-0.15, -0.1) is 0 Å². The van der Waals surface area contributed by atoms with Gasteiger partial charge in [-0.2, -0.15) is 0 Å². The van der Waals surface area contributed by atoms with Crippen molar-refractivity contribution in [3.8, 4) is 0 Å². The van der Waals surface area contributed by atoms with Gasteiger partial charge in [-0.3, -0.25) is 4.79 Å². The van der Waals surface area contributed by atoms with Crippen molar-refractivity contribution in [2.24, 2.45) is 0 Å². The Morgan fingerprint density at radius 3 is 2.93 bits per heavy atom. The number of hydrogen-bond donors (Lipinski definition) is 1. The largest absolute Gasteiger partial charge is 0.371 e. The van der Waals surface area contributed by atoms with E-state index in [1.165, 1.54) is 0 Å². The molecular formula is C11H13NO2. The normalized spacial score (nSPS) is 19.1. The Balaban J connectivity index is 1.98. The zero-order chi connectivity index (χ0) is 9.97. The number of nitrogens with one attached hydrogen (secondary N) is 1. The Morgan fingerprint density at radius 2 is 2.29 bits per heavy atom. The molecule has 74 valence electrons. The van der Waals surface area contributed by atoms with Gasteiger partial charge in [-0.05, 0) is 18.6 Å². The molecule has 14 heavy (non-hydrogen) atoms. The molecule has 0 unspecified atom stereocenters. The van der Waals surface area contributed by atoms with Crippen molar-refractivity contribution in [3.63, 3.8) is 0 Å². The molecule has 3 nitrogen and oxygen atoms in total. The second kappa shape index (κ2) is 3.80. The fourth-order valence-electron chi connectivity index (χ4n) is 1.32. The molecule has 2 rings (SSSR count). The van der Waals surface area contributed by atoms with Crippen molar-refractivity contribution in [1.82, 2.24) is 5.32 Å². The predicted octanol–water partition coefficient (Wildman–Crippen LogP) is 1.12. The highest BCUT2D eigenvalue weighted by Gasteiger charge is 2.23. The van der Waals surface area contributed by atoms with E-state index in [2.05, 4.69) is 5.32 Å². The molecule has 1 N–H and O–H groups in total. The maximum atomic E-state index is 11.6. The van der Waals surface area contributed by atoms with E-state index in [-0.39, 0.29) is 12.0 Å². The lowest BCUT2D eigenvalue weighted by Crippen LogP contribution is -2.27. The molecule has 1 heterocycles. The molecule has 0 aliphatic carbocycles. The third kappa shape index (κ3) is 2.12. The van der Waals surface area contributed by atoms with Gasteiger partial charge in [0.15, 0.2) is 0 Å². The number of aryl methyl sites for hydroxylation is 1. The van der Waals surface area contributed by atoms with Gasteiger partial charge in [-0.1, -0.05) is 18.2 Å². The quantitative estimate of drug-likeness (QED) is 0.727. The Morgan fingerprint density at radius 1 is 1.57 bits per heavy atom. The molecule has 1 saturated heterocycles. The second-order valence-electron chi connectivity index (χ2n) is 3.48. The van der Waals surface area contributed by atoms with Crippen LogP contribution in [0, 0.1) is 6.92 Å². The van der Waals surface area contributed by atoms with Crippen LogP contribution in [0.2, 0.25) is 0 Å². The van der Waals surface area contributed by atoms with Gasteiger partial charge in [0, 0.05) is 12.1 Å². The molecule has 1 aromatic carbocycles. The molecule has 1 amide bonds. The number of hydrogen-bond acceptors (Lipinski definition) is 2. The molecular weight excluding hydrogens is 178 g/mol. The number of amides is 1. The first-order chi connectivity index (χ1) is 6.77. The van der Waals surface area contributed by atoms with E-state index in [0.29, 0.717) is 6.54 Å². The number of carbonyl (C=O) groups is 1. The van der Waals surface area contributed by atoms with Crippen LogP contribution in [0.15, 0.2) is 24.3 Å². The van der Waals surface area contributed by atoms with E-state index in [9.17, 15) is 4.79 Å². The van der Waals surface area contributed by atoms with Gasteiger partial charge in [0.2, 0.25) is 0 Å². The maximum Gasteiger partial charge on any atom is 0.251 e. The number of carbonyl (C=O) groups excluding carboxylic acids is 1. The zero-order valence-corrected chi connectivity index (χ0v) is 8.12. The Hall–Kier alpha value is -1.35. The van der Waals surface area contributed by atoms with E-state index in [1.54, 1.807) is 0 Å². The van der Waals surface area contributed by atoms with Crippen LogP contribution in [0.5, 0.6) is 0 Å². The Bertz CT molecular complexity index is 345. The lowest BCUT2D eigenvalue weighted by molar-refractivity contribution is 0.0949. The van der Waals surface area contributed by atoms with Crippen LogP contribution in [0.1, 0.15) is 15.9 Å². The number of benzene rings is 1.